The maximum absolute atomic E-state index is 10.5. The van der Waals surface area contributed by atoms with Crippen molar-refractivity contribution in [2.45, 2.75) is 127 Å². The van der Waals surface area contributed by atoms with Gasteiger partial charge in [-0.1, -0.05) is 52.4 Å². The summed E-state index contributed by atoms with van der Waals surface area (Å²) in [7, 11) is 0. The molecule has 2 heterocycles. The van der Waals surface area contributed by atoms with Crippen molar-refractivity contribution in [3.05, 3.63) is 0 Å². The SMILES string of the molecule is CCCCCCOCC(COCCCCCC)(CO[C@@H]1O[C@H](CO)[C@@H](O)[C@H](O)[C@H]1O)CO[C@@H]1O[C@H](CO)[C@@H](O)[C@H](O)[C@H]1O. The van der Waals surface area contributed by atoms with Crippen LogP contribution in [0.2, 0.25) is 0 Å². The summed E-state index contributed by atoms with van der Waals surface area (Å²) in [6, 6.07) is 0. The van der Waals surface area contributed by atoms with Crippen LogP contribution in [0.3, 0.4) is 0 Å². The standard InChI is InChI=1S/C29H56O14/c1-3-5-7-9-11-38-15-29(16-39-12-10-8-6-4-2,17-40-27-25(36)23(34)21(32)19(13-30)42-27)18-41-28-26(37)24(35)22(33)20(14-31)43-28/h19-28,30-37H,3-18H2,1-2H3/t19-,20-,21-,22-,23+,24+,25-,26-,27-,28-/m1/s1. The van der Waals surface area contributed by atoms with Crippen molar-refractivity contribution in [1.82, 2.24) is 0 Å². The molecule has 0 radical (unpaired) electrons. The van der Waals surface area contributed by atoms with Gasteiger partial charge in [-0.25, -0.2) is 0 Å². The minimum Gasteiger partial charge on any atom is -0.394 e. The third-order valence-electron chi connectivity index (χ3n) is 7.91. The third-order valence-corrected chi connectivity index (χ3v) is 7.91. The van der Waals surface area contributed by atoms with Crippen molar-refractivity contribution < 1.29 is 69.3 Å². The summed E-state index contributed by atoms with van der Waals surface area (Å²) in [4.78, 5) is 0. The molecular formula is C29H56O14. The van der Waals surface area contributed by atoms with Crippen LogP contribution in [-0.4, -0.2) is 155 Å². The van der Waals surface area contributed by atoms with Crippen molar-refractivity contribution in [1.29, 1.82) is 0 Å². The van der Waals surface area contributed by atoms with Crippen molar-refractivity contribution in [3.63, 3.8) is 0 Å². The maximum atomic E-state index is 10.5. The van der Waals surface area contributed by atoms with Crippen LogP contribution in [0.25, 0.3) is 0 Å². The fourth-order valence-electron chi connectivity index (χ4n) is 5.02. The molecule has 14 nitrogen and oxygen atoms in total. The van der Waals surface area contributed by atoms with Crippen molar-refractivity contribution >= 4 is 0 Å². The van der Waals surface area contributed by atoms with Gasteiger partial charge in [0, 0.05) is 13.2 Å². The lowest BCUT2D eigenvalue weighted by atomic mass is 9.91. The van der Waals surface area contributed by atoms with Crippen LogP contribution < -0.4 is 0 Å². The zero-order valence-corrected chi connectivity index (χ0v) is 25.6. The van der Waals surface area contributed by atoms with Crippen LogP contribution >= 0.6 is 0 Å². The molecule has 0 amide bonds. The summed E-state index contributed by atoms with van der Waals surface area (Å²) in [5, 5.41) is 80.9. The number of rotatable bonds is 22. The summed E-state index contributed by atoms with van der Waals surface area (Å²) < 4.78 is 35.0. The second kappa shape index (κ2) is 20.5. The van der Waals surface area contributed by atoms with Gasteiger partial charge in [0.1, 0.15) is 48.8 Å². The normalized spacial score (nSPS) is 33.6. The van der Waals surface area contributed by atoms with Crippen LogP contribution in [0.4, 0.5) is 0 Å². The average molecular weight is 629 g/mol. The fraction of sp³-hybridized carbons (Fsp3) is 1.00. The molecule has 0 spiro atoms. The summed E-state index contributed by atoms with van der Waals surface area (Å²) in [6.07, 6.45) is -6.83. The summed E-state index contributed by atoms with van der Waals surface area (Å²) in [5.41, 5.74) is -1.08. The Kier molecular flexibility index (Phi) is 18.4. The van der Waals surface area contributed by atoms with E-state index >= 15 is 0 Å². The molecule has 14 heteroatoms. The Morgan fingerprint density at radius 1 is 0.512 bits per heavy atom. The van der Waals surface area contributed by atoms with E-state index in [0.717, 1.165) is 51.4 Å². The van der Waals surface area contributed by atoms with Gasteiger partial charge in [-0.15, -0.1) is 0 Å². The lowest BCUT2D eigenvalue weighted by Gasteiger charge is -2.43. The third kappa shape index (κ3) is 12.0. The number of aliphatic hydroxyl groups excluding tert-OH is 8. The molecule has 0 aromatic heterocycles. The Hall–Kier alpha value is -0.560. The van der Waals surface area contributed by atoms with Gasteiger partial charge in [0.15, 0.2) is 12.6 Å². The van der Waals surface area contributed by atoms with Gasteiger partial charge in [0.25, 0.3) is 0 Å². The van der Waals surface area contributed by atoms with Gasteiger partial charge in [-0.2, -0.15) is 0 Å². The Morgan fingerprint density at radius 3 is 1.26 bits per heavy atom. The molecule has 2 aliphatic rings. The predicted octanol–water partition coefficient (Wildman–Crippen LogP) is -1.20. The highest BCUT2D eigenvalue weighted by molar-refractivity contribution is 4.91. The first-order chi connectivity index (χ1) is 20.6. The lowest BCUT2D eigenvalue weighted by molar-refractivity contribution is -0.322. The van der Waals surface area contributed by atoms with E-state index in [0.29, 0.717) is 13.2 Å². The monoisotopic (exact) mass is 628 g/mol. The number of hydrogen-bond donors (Lipinski definition) is 8. The zero-order valence-electron chi connectivity index (χ0n) is 25.6. The van der Waals surface area contributed by atoms with E-state index in [-0.39, 0.29) is 26.4 Å². The molecule has 43 heavy (non-hydrogen) atoms. The molecule has 256 valence electrons. The Bertz CT molecular complexity index is 655. The van der Waals surface area contributed by atoms with Crippen LogP contribution in [0, 0.1) is 5.41 Å². The van der Waals surface area contributed by atoms with Gasteiger partial charge in [-0.3, -0.25) is 0 Å². The predicted molar refractivity (Wildman–Crippen MR) is 152 cm³/mol. The molecule has 2 saturated heterocycles. The first-order valence-corrected chi connectivity index (χ1v) is 15.6. The summed E-state index contributed by atoms with van der Waals surface area (Å²) in [6.45, 7) is 3.60. The van der Waals surface area contributed by atoms with Crippen molar-refractivity contribution in [2.75, 3.05) is 52.9 Å². The Balaban J connectivity index is 2.22. The maximum Gasteiger partial charge on any atom is 0.186 e. The molecule has 10 atom stereocenters. The minimum absolute atomic E-state index is 0.0585. The van der Waals surface area contributed by atoms with Crippen LogP contribution in [0.5, 0.6) is 0 Å². The molecule has 2 rings (SSSR count). The molecular weight excluding hydrogens is 572 g/mol. The van der Waals surface area contributed by atoms with Crippen molar-refractivity contribution in [3.8, 4) is 0 Å². The van der Waals surface area contributed by atoms with E-state index in [9.17, 15) is 40.9 Å². The number of aliphatic hydroxyl groups is 8. The highest BCUT2D eigenvalue weighted by atomic mass is 16.7. The first-order valence-electron chi connectivity index (χ1n) is 15.6. The topological polar surface area (TPSA) is 217 Å². The smallest absolute Gasteiger partial charge is 0.186 e. The van der Waals surface area contributed by atoms with Crippen LogP contribution in [0.1, 0.15) is 65.2 Å². The van der Waals surface area contributed by atoms with E-state index in [1.54, 1.807) is 0 Å². The number of ether oxygens (including phenoxy) is 6. The molecule has 0 saturated carbocycles. The fourth-order valence-corrected chi connectivity index (χ4v) is 5.02. The lowest BCUT2D eigenvalue weighted by Crippen LogP contribution is -2.60. The molecule has 2 aliphatic heterocycles. The molecule has 0 aliphatic carbocycles. The van der Waals surface area contributed by atoms with Crippen LogP contribution in [0.15, 0.2) is 0 Å². The highest BCUT2D eigenvalue weighted by Crippen LogP contribution is 2.29. The number of unbranched alkanes of at least 4 members (excludes halogenated alkanes) is 6. The van der Waals surface area contributed by atoms with E-state index in [1.807, 2.05) is 0 Å². The average Bonchev–Trinajstić information content (AvgIpc) is 3.01. The second-order valence-electron chi connectivity index (χ2n) is 11.7. The summed E-state index contributed by atoms with van der Waals surface area (Å²) in [5.74, 6) is 0. The van der Waals surface area contributed by atoms with Gasteiger partial charge in [0.2, 0.25) is 0 Å². The van der Waals surface area contributed by atoms with E-state index in [2.05, 4.69) is 13.8 Å². The van der Waals surface area contributed by atoms with Gasteiger partial charge in [0.05, 0.1) is 45.1 Å². The molecule has 0 aromatic rings. The van der Waals surface area contributed by atoms with Gasteiger partial charge < -0.3 is 69.3 Å². The summed E-state index contributed by atoms with van der Waals surface area (Å²) >= 11 is 0. The zero-order chi connectivity index (χ0) is 31.8. The molecule has 0 bridgehead atoms. The van der Waals surface area contributed by atoms with Crippen LogP contribution in [-0.2, 0) is 28.4 Å². The van der Waals surface area contributed by atoms with E-state index < -0.39 is 80.0 Å². The second-order valence-corrected chi connectivity index (χ2v) is 11.7. The van der Waals surface area contributed by atoms with E-state index in [1.165, 1.54) is 0 Å². The van der Waals surface area contributed by atoms with Gasteiger partial charge in [-0.05, 0) is 12.8 Å². The number of hydrogen-bond acceptors (Lipinski definition) is 14. The quantitative estimate of drug-likeness (QED) is 0.0661. The molecule has 0 unspecified atom stereocenters. The van der Waals surface area contributed by atoms with E-state index in [4.69, 9.17) is 28.4 Å². The minimum atomic E-state index is -1.62. The molecule has 8 N–H and O–H groups in total. The largest absolute Gasteiger partial charge is 0.394 e. The Labute approximate surface area is 254 Å². The molecule has 2 fully saturated rings. The Morgan fingerprint density at radius 2 is 0.907 bits per heavy atom. The van der Waals surface area contributed by atoms with Crippen molar-refractivity contribution in [2.24, 2.45) is 5.41 Å². The highest BCUT2D eigenvalue weighted by Gasteiger charge is 2.47. The first kappa shape index (κ1) is 38.6. The van der Waals surface area contributed by atoms with Gasteiger partial charge >= 0.3 is 0 Å². The molecule has 0 aromatic carbocycles.